The van der Waals surface area contributed by atoms with Crippen molar-refractivity contribution >= 4 is 28.1 Å². The number of nitrogens with two attached hydrogens (primary N) is 1. The Balaban J connectivity index is 1.30. The Morgan fingerprint density at radius 1 is 1.09 bits per heavy atom. The van der Waals surface area contributed by atoms with Crippen LogP contribution in [0.2, 0.25) is 0 Å². The summed E-state index contributed by atoms with van der Waals surface area (Å²) in [6.07, 6.45) is 6.19. The van der Waals surface area contributed by atoms with Gasteiger partial charge < -0.3 is 10.6 Å². The Labute approximate surface area is 194 Å². The highest BCUT2D eigenvalue weighted by Crippen LogP contribution is 2.51. The molecule has 1 aromatic heterocycles. The molecule has 2 saturated carbocycles. The third kappa shape index (κ3) is 3.66. The number of nitrogens with zero attached hydrogens (tertiary/aromatic N) is 4. The molecule has 0 radical (unpaired) electrons. The van der Waals surface area contributed by atoms with Crippen molar-refractivity contribution in [1.29, 1.82) is 0 Å². The first kappa shape index (κ1) is 20.6. The molecule has 5 nitrogen and oxygen atoms in total. The first-order valence-electron chi connectivity index (χ1n) is 12.0. The largest absolute Gasteiger partial charge is 0.386 e. The van der Waals surface area contributed by atoms with Gasteiger partial charge in [0.25, 0.3) is 0 Å². The molecule has 1 saturated heterocycles. The van der Waals surface area contributed by atoms with Gasteiger partial charge in [-0.3, -0.25) is 9.88 Å². The van der Waals surface area contributed by atoms with Crippen LogP contribution in [0, 0.1) is 12.7 Å². The average Bonchev–Trinajstić information content (AvgIpc) is 3.75. The molecule has 2 N–H and O–H groups in total. The van der Waals surface area contributed by atoms with Crippen molar-refractivity contribution in [3.8, 4) is 0 Å². The number of pyridine rings is 1. The number of rotatable bonds is 5. The standard InChI is InChI=1S/C27H30FN5/c1-18-4-5-20(33-15-13-32(14-16-33)19-6-7-19)17-24(18)31-26(29)27(10-11-27)22-8-9-23(28)25-21(22)3-2-12-30-25/h2-5,8-9,12,17,19H,6-7,10-11,13-16H2,1H3,(H2,29,31). The van der Waals surface area contributed by atoms with Gasteiger partial charge in [0, 0.05) is 49.5 Å². The van der Waals surface area contributed by atoms with Gasteiger partial charge in [-0.05, 0) is 68.0 Å². The number of piperazine rings is 1. The lowest BCUT2D eigenvalue weighted by Crippen LogP contribution is -2.47. The average molecular weight is 444 g/mol. The Morgan fingerprint density at radius 3 is 2.61 bits per heavy atom. The summed E-state index contributed by atoms with van der Waals surface area (Å²) in [5.74, 6) is 0.309. The van der Waals surface area contributed by atoms with Gasteiger partial charge in [0.15, 0.2) is 0 Å². The fourth-order valence-corrected chi connectivity index (χ4v) is 5.28. The molecule has 0 bridgehead atoms. The fourth-order valence-electron chi connectivity index (χ4n) is 5.28. The molecule has 2 heterocycles. The van der Waals surface area contributed by atoms with Crippen molar-refractivity contribution in [2.75, 3.05) is 31.1 Å². The predicted octanol–water partition coefficient (Wildman–Crippen LogP) is 4.69. The van der Waals surface area contributed by atoms with Gasteiger partial charge in [0.1, 0.15) is 17.2 Å². The number of aliphatic imine (C=N–C) groups is 1. The molecule has 2 aromatic carbocycles. The molecule has 6 rings (SSSR count). The molecule has 6 heteroatoms. The minimum atomic E-state index is -0.340. The van der Waals surface area contributed by atoms with E-state index in [0.717, 1.165) is 67.3 Å². The molecular formula is C27H30FN5. The molecule has 33 heavy (non-hydrogen) atoms. The maximum absolute atomic E-state index is 14.3. The van der Waals surface area contributed by atoms with E-state index < -0.39 is 0 Å². The number of benzene rings is 2. The van der Waals surface area contributed by atoms with E-state index in [4.69, 9.17) is 10.7 Å². The highest BCUT2D eigenvalue weighted by Gasteiger charge is 2.49. The molecule has 2 aliphatic carbocycles. The van der Waals surface area contributed by atoms with Crippen molar-refractivity contribution in [2.45, 2.75) is 44.1 Å². The van der Waals surface area contributed by atoms with E-state index in [1.165, 1.54) is 24.6 Å². The first-order valence-corrected chi connectivity index (χ1v) is 12.0. The topological polar surface area (TPSA) is 57.8 Å². The number of amidine groups is 1. The minimum absolute atomic E-state index is 0.300. The van der Waals surface area contributed by atoms with Crippen LogP contribution in [0.25, 0.3) is 10.9 Å². The van der Waals surface area contributed by atoms with E-state index in [2.05, 4.69) is 39.9 Å². The van der Waals surface area contributed by atoms with Crippen molar-refractivity contribution < 1.29 is 4.39 Å². The lowest BCUT2D eigenvalue weighted by Gasteiger charge is -2.36. The molecule has 170 valence electrons. The predicted molar refractivity (Wildman–Crippen MR) is 132 cm³/mol. The Kier molecular flexibility index (Phi) is 4.87. The monoisotopic (exact) mass is 443 g/mol. The molecule has 1 aliphatic heterocycles. The highest BCUT2D eigenvalue weighted by atomic mass is 19.1. The zero-order chi connectivity index (χ0) is 22.6. The van der Waals surface area contributed by atoms with Crippen LogP contribution in [0.4, 0.5) is 15.8 Å². The molecule has 0 amide bonds. The Morgan fingerprint density at radius 2 is 1.88 bits per heavy atom. The summed E-state index contributed by atoms with van der Waals surface area (Å²) in [6, 6.07) is 14.5. The smallest absolute Gasteiger partial charge is 0.149 e. The zero-order valence-electron chi connectivity index (χ0n) is 19.1. The maximum Gasteiger partial charge on any atom is 0.149 e. The van der Waals surface area contributed by atoms with Crippen LogP contribution in [0.5, 0.6) is 0 Å². The van der Waals surface area contributed by atoms with Crippen LogP contribution in [0.1, 0.15) is 36.8 Å². The van der Waals surface area contributed by atoms with Crippen LogP contribution in [-0.2, 0) is 5.41 Å². The van der Waals surface area contributed by atoms with Crippen LogP contribution in [0.3, 0.4) is 0 Å². The number of hydrogen-bond acceptors (Lipinski definition) is 4. The van der Waals surface area contributed by atoms with Crippen molar-refractivity contribution in [3.63, 3.8) is 0 Å². The fraction of sp³-hybridized carbons (Fsp3) is 0.407. The van der Waals surface area contributed by atoms with E-state index in [-0.39, 0.29) is 11.2 Å². The maximum atomic E-state index is 14.3. The summed E-state index contributed by atoms with van der Waals surface area (Å²) in [4.78, 5) is 14.3. The molecule has 3 aromatic rings. The van der Waals surface area contributed by atoms with Crippen LogP contribution < -0.4 is 10.6 Å². The van der Waals surface area contributed by atoms with Gasteiger partial charge in [0.2, 0.25) is 0 Å². The number of anilines is 1. The van der Waals surface area contributed by atoms with Gasteiger partial charge in [0.05, 0.1) is 11.1 Å². The molecule has 0 atom stereocenters. The van der Waals surface area contributed by atoms with Crippen molar-refractivity contribution in [3.05, 3.63) is 65.6 Å². The van der Waals surface area contributed by atoms with E-state index in [9.17, 15) is 4.39 Å². The number of hydrogen-bond donors (Lipinski definition) is 1. The summed E-state index contributed by atoms with van der Waals surface area (Å²) in [5.41, 5.74) is 11.0. The third-order valence-electron chi connectivity index (χ3n) is 7.65. The van der Waals surface area contributed by atoms with Gasteiger partial charge in [-0.25, -0.2) is 9.38 Å². The summed E-state index contributed by atoms with van der Waals surface area (Å²) >= 11 is 0. The second kappa shape index (κ2) is 7.80. The van der Waals surface area contributed by atoms with Gasteiger partial charge in [-0.1, -0.05) is 18.2 Å². The van der Waals surface area contributed by atoms with Gasteiger partial charge >= 0.3 is 0 Å². The zero-order valence-corrected chi connectivity index (χ0v) is 19.1. The second-order valence-electron chi connectivity index (χ2n) is 9.80. The van der Waals surface area contributed by atoms with E-state index in [0.29, 0.717) is 11.4 Å². The summed E-state index contributed by atoms with van der Waals surface area (Å²) in [7, 11) is 0. The molecule has 3 aliphatic rings. The van der Waals surface area contributed by atoms with Crippen LogP contribution >= 0.6 is 0 Å². The lowest BCUT2D eigenvalue weighted by molar-refractivity contribution is 0.248. The number of aryl methyl sites for hydroxylation is 1. The SMILES string of the molecule is Cc1ccc(N2CCN(C3CC3)CC2)cc1N=C(N)C1(c2ccc(F)c3ncccc23)CC1. The second-order valence-corrected chi connectivity index (χ2v) is 9.80. The lowest BCUT2D eigenvalue weighted by atomic mass is 9.91. The molecule has 0 spiro atoms. The third-order valence-corrected chi connectivity index (χ3v) is 7.65. The van der Waals surface area contributed by atoms with Crippen molar-refractivity contribution in [2.24, 2.45) is 10.7 Å². The molecule has 0 unspecified atom stereocenters. The summed E-state index contributed by atoms with van der Waals surface area (Å²) in [6.45, 7) is 6.45. The Bertz CT molecular complexity index is 1240. The quantitative estimate of drug-likeness (QED) is 0.459. The van der Waals surface area contributed by atoms with Gasteiger partial charge in [-0.15, -0.1) is 0 Å². The number of fused-ring (bicyclic) bond motifs is 1. The van der Waals surface area contributed by atoms with Crippen LogP contribution in [-0.4, -0.2) is 47.9 Å². The van der Waals surface area contributed by atoms with E-state index in [1.807, 2.05) is 18.2 Å². The summed E-state index contributed by atoms with van der Waals surface area (Å²) < 4.78 is 14.3. The number of aromatic nitrogens is 1. The Hall–Kier alpha value is -2.99. The van der Waals surface area contributed by atoms with E-state index >= 15 is 0 Å². The van der Waals surface area contributed by atoms with Gasteiger partial charge in [-0.2, -0.15) is 0 Å². The molecular weight excluding hydrogens is 413 g/mol. The first-order chi connectivity index (χ1) is 16.0. The van der Waals surface area contributed by atoms with Crippen molar-refractivity contribution in [1.82, 2.24) is 9.88 Å². The molecule has 3 fully saturated rings. The minimum Gasteiger partial charge on any atom is -0.386 e. The van der Waals surface area contributed by atoms with Crippen LogP contribution in [0.15, 0.2) is 53.7 Å². The highest BCUT2D eigenvalue weighted by molar-refractivity contribution is 6.00. The number of halogens is 1. The normalized spacial score (nSPS) is 20.9. The van der Waals surface area contributed by atoms with E-state index in [1.54, 1.807) is 6.20 Å². The summed E-state index contributed by atoms with van der Waals surface area (Å²) in [5, 5.41) is 0.826.